The number of rotatable bonds is 7. The lowest BCUT2D eigenvalue weighted by Crippen LogP contribution is -2.26. The molecule has 24 heavy (non-hydrogen) atoms. The number of hydrogen-bond donors (Lipinski definition) is 0. The van der Waals surface area contributed by atoms with E-state index in [2.05, 4.69) is 4.98 Å². The number of fused-ring (bicyclic) bond motifs is 3. The van der Waals surface area contributed by atoms with Crippen molar-refractivity contribution in [1.82, 2.24) is 9.55 Å². The summed E-state index contributed by atoms with van der Waals surface area (Å²) in [7, 11) is -3.27. The zero-order valence-electron chi connectivity index (χ0n) is 14.0. The number of hydrogen-bond acceptors (Lipinski definition) is 6. The van der Waals surface area contributed by atoms with Crippen LogP contribution in [0.4, 0.5) is 0 Å². The fourth-order valence-corrected chi connectivity index (χ4v) is 6.36. The lowest BCUT2D eigenvalue weighted by atomic mass is 10.1. The van der Waals surface area contributed by atoms with E-state index in [0.717, 1.165) is 16.2 Å². The van der Waals surface area contributed by atoms with Crippen molar-refractivity contribution in [2.24, 2.45) is 0 Å². The molecular weight excluding hydrogens is 347 g/mol. The van der Waals surface area contributed by atoms with Crippen LogP contribution in [0.2, 0.25) is 0 Å². The van der Waals surface area contributed by atoms with Crippen LogP contribution in [0, 0.1) is 0 Å². The summed E-state index contributed by atoms with van der Waals surface area (Å²) in [5.41, 5.74) is 1.81. The number of nitrogens with zero attached hydrogens (tertiary/aromatic N) is 2. The molecule has 2 heterocycles. The van der Waals surface area contributed by atoms with Gasteiger partial charge in [-0.15, -0.1) is 0 Å². The summed E-state index contributed by atoms with van der Waals surface area (Å²) in [5.74, 6) is 0.0409. The number of benzene rings is 1. The van der Waals surface area contributed by atoms with E-state index in [4.69, 9.17) is 9.05 Å². The van der Waals surface area contributed by atoms with E-state index in [0.29, 0.717) is 13.2 Å². The van der Waals surface area contributed by atoms with Crippen molar-refractivity contribution in [3.05, 3.63) is 24.3 Å². The highest BCUT2D eigenvalue weighted by Crippen LogP contribution is 2.55. The third kappa shape index (κ3) is 3.18. The van der Waals surface area contributed by atoms with Crippen LogP contribution in [0.1, 0.15) is 26.8 Å². The van der Waals surface area contributed by atoms with Gasteiger partial charge in [0.1, 0.15) is 5.78 Å². The van der Waals surface area contributed by atoms with Crippen LogP contribution < -0.4 is 0 Å². The second-order valence-corrected chi connectivity index (χ2v) is 8.81. The third-order valence-corrected chi connectivity index (χ3v) is 7.46. The van der Waals surface area contributed by atoms with Crippen LogP contribution in [-0.2, 0) is 18.4 Å². The molecule has 2 aromatic rings. The summed E-state index contributed by atoms with van der Waals surface area (Å²) < 4.78 is 25.9. The van der Waals surface area contributed by atoms with Crippen molar-refractivity contribution in [2.45, 2.75) is 37.2 Å². The van der Waals surface area contributed by atoms with Gasteiger partial charge in [0.25, 0.3) is 0 Å². The van der Waals surface area contributed by atoms with E-state index < -0.39 is 7.60 Å². The molecule has 1 aromatic carbocycles. The molecule has 3 rings (SSSR count). The predicted octanol–water partition coefficient (Wildman–Crippen LogP) is 3.91. The Bertz CT molecular complexity index is 796. The summed E-state index contributed by atoms with van der Waals surface area (Å²) in [5, 5.41) is 0.451. The SMILES string of the molecule is CCOP(=O)(C[C@H]1[C@H](C(C)=O)Sc2nc3ccccc3n21)OCC. The first-order valence-electron chi connectivity index (χ1n) is 8.01. The molecule has 0 saturated heterocycles. The molecule has 0 spiro atoms. The molecular formula is C16H21N2O4PS. The van der Waals surface area contributed by atoms with Gasteiger partial charge in [-0.25, -0.2) is 4.98 Å². The molecule has 0 N–H and O–H groups in total. The van der Waals surface area contributed by atoms with E-state index >= 15 is 0 Å². The van der Waals surface area contributed by atoms with Gasteiger partial charge in [0, 0.05) is 0 Å². The Labute approximate surface area is 145 Å². The van der Waals surface area contributed by atoms with Crippen LogP contribution in [0.15, 0.2) is 29.4 Å². The molecule has 0 bridgehead atoms. The molecule has 6 nitrogen and oxygen atoms in total. The van der Waals surface area contributed by atoms with Crippen molar-refractivity contribution in [1.29, 1.82) is 0 Å². The summed E-state index contributed by atoms with van der Waals surface area (Å²) in [6, 6.07) is 7.47. The molecule has 0 radical (unpaired) electrons. The Morgan fingerprint density at radius 3 is 2.58 bits per heavy atom. The molecule has 1 aliphatic rings. The maximum Gasteiger partial charge on any atom is 0.332 e. The van der Waals surface area contributed by atoms with Gasteiger partial charge in [-0.05, 0) is 32.9 Å². The van der Waals surface area contributed by atoms with E-state index in [1.54, 1.807) is 20.8 Å². The zero-order chi connectivity index (χ0) is 17.3. The summed E-state index contributed by atoms with van der Waals surface area (Å²) in [6.45, 7) is 5.75. The minimum absolute atomic E-state index is 0.0409. The largest absolute Gasteiger partial charge is 0.332 e. The smallest absolute Gasteiger partial charge is 0.314 e. The summed E-state index contributed by atoms with van der Waals surface area (Å²) in [4.78, 5) is 16.7. The van der Waals surface area contributed by atoms with Gasteiger partial charge in [0.05, 0.1) is 41.7 Å². The van der Waals surface area contributed by atoms with Crippen molar-refractivity contribution in [2.75, 3.05) is 19.4 Å². The van der Waals surface area contributed by atoms with Crippen LogP contribution >= 0.6 is 19.4 Å². The van der Waals surface area contributed by atoms with E-state index in [1.807, 2.05) is 28.8 Å². The van der Waals surface area contributed by atoms with Gasteiger partial charge in [-0.2, -0.15) is 0 Å². The van der Waals surface area contributed by atoms with Gasteiger partial charge in [-0.1, -0.05) is 23.9 Å². The van der Waals surface area contributed by atoms with E-state index in [1.165, 1.54) is 11.8 Å². The first-order chi connectivity index (χ1) is 11.5. The van der Waals surface area contributed by atoms with Gasteiger partial charge in [0.2, 0.25) is 0 Å². The Morgan fingerprint density at radius 2 is 1.96 bits per heavy atom. The first kappa shape index (κ1) is 17.7. The topological polar surface area (TPSA) is 70.4 Å². The standard InChI is InChI=1S/C16H21N2O4PS/c1-4-21-23(20,22-5-2)10-14-15(11(3)19)24-16-17-12-8-6-7-9-13(12)18(14)16/h6-9,14-15H,4-5,10H2,1-3H3/t14-,15-/m0/s1. The van der Waals surface area contributed by atoms with Gasteiger partial charge in [0.15, 0.2) is 5.16 Å². The summed E-state index contributed by atoms with van der Waals surface area (Å²) >= 11 is 1.43. The van der Waals surface area contributed by atoms with Crippen LogP contribution in [0.3, 0.4) is 0 Å². The number of ketones is 1. The van der Waals surface area contributed by atoms with Crippen LogP contribution in [-0.4, -0.2) is 40.0 Å². The highest BCUT2D eigenvalue weighted by atomic mass is 32.2. The highest BCUT2D eigenvalue weighted by Gasteiger charge is 2.43. The third-order valence-electron chi connectivity index (χ3n) is 3.94. The average Bonchev–Trinajstić information content (AvgIpc) is 3.04. The lowest BCUT2D eigenvalue weighted by Gasteiger charge is -2.24. The molecule has 0 saturated carbocycles. The number of carbonyl (C=O) groups excluding carboxylic acids is 1. The van der Waals surface area contributed by atoms with Gasteiger partial charge >= 0.3 is 7.60 Å². The lowest BCUT2D eigenvalue weighted by molar-refractivity contribution is -0.117. The van der Waals surface area contributed by atoms with Gasteiger partial charge in [-0.3, -0.25) is 9.36 Å². The monoisotopic (exact) mass is 368 g/mol. The molecule has 0 amide bonds. The number of para-hydroxylation sites is 2. The zero-order valence-corrected chi connectivity index (χ0v) is 15.7. The molecule has 2 atom stereocenters. The van der Waals surface area contributed by atoms with Crippen molar-refractivity contribution in [3.8, 4) is 0 Å². The Morgan fingerprint density at radius 1 is 1.29 bits per heavy atom. The predicted molar refractivity (Wildman–Crippen MR) is 94.8 cm³/mol. The second kappa shape index (κ2) is 7.00. The number of imidazole rings is 1. The summed E-state index contributed by atoms with van der Waals surface area (Å²) in [6.07, 6.45) is 0.166. The average molecular weight is 368 g/mol. The molecule has 1 aliphatic heterocycles. The molecule has 8 heteroatoms. The second-order valence-electron chi connectivity index (χ2n) is 5.60. The van der Waals surface area contributed by atoms with E-state index in [-0.39, 0.29) is 23.2 Å². The van der Waals surface area contributed by atoms with E-state index in [9.17, 15) is 9.36 Å². The molecule has 130 valence electrons. The Balaban J connectivity index is 2.03. The van der Waals surface area contributed by atoms with Crippen molar-refractivity contribution in [3.63, 3.8) is 0 Å². The van der Waals surface area contributed by atoms with Crippen molar-refractivity contribution >= 4 is 36.2 Å². The number of Topliss-reactive ketones (excluding diaryl/α,β-unsaturated/α-hetero) is 1. The Hall–Kier alpha value is -1.14. The minimum atomic E-state index is -3.27. The van der Waals surface area contributed by atoms with Crippen LogP contribution in [0.5, 0.6) is 0 Å². The maximum absolute atomic E-state index is 13.0. The minimum Gasteiger partial charge on any atom is -0.314 e. The normalized spacial score (nSPS) is 20.5. The maximum atomic E-state index is 13.0. The number of aromatic nitrogens is 2. The fourth-order valence-electron chi connectivity index (χ4n) is 3.05. The molecule has 0 fully saturated rings. The fraction of sp³-hybridized carbons (Fsp3) is 0.500. The Kier molecular flexibility index (Phi) is 5.16. The molecule has 1 aromatic heterocycles. The first-order valence-corrected chi connectivity index (χ1v) is 10.6. The highest BCUT2D eigenvalue weighted by molar-refractivity contribution is 8.00. The molecule has 0 aliphatic carbocycles. The number of carbonyl (C=O) groups is 1. The quantitative estimate of drug-likeness (QED) is 0.690. The number of thioether (sulfide) groups is 1. The van der Waals surface area contributed by atoms with Crippen LogP contribution in [0.25, 0.3) is 11.0 Å². The van der Waals surface area contributed by atoms with Gasteiger partial charge < -0.3 is 13.6 Å². The molecule has 0 unspecified atom stereocenters. The van der Waals surface area contributed by atoms with Crippen molar-refractivity contribution < 1.29 is 18.4 Å².